The zero-order valence-corrected chi connectivity index (χ0v) is 14.7. The zero-order valence-electron chi connectivity index (χ0n) is 13.9. The van der Waals surface area contributed by atoms with Crippen molar-refractivity contribution in [2.24, 2.45) is 11.3 Å². The second kappa shape index (κ2) is 6.59. The molecule has 0 aliphatic heterocycles. The van der Waals surface area contributed by atoms with Gasteiger partial charge in [0.25, 0.3) is 0 Å². The van der Waals surface area contributed by atoms with Gasteiger partial charge in [0.15, 0.2) is 0 Å². The molecule has 1 saturated carbocycles. The van der Waals surface area contributed by atoms with Crippen LogP contribution in [0.1, 0.15) is 47.0 Å². The van der Waals surface area contributed by atoms with E-state index in [2.05, 4.69) is 25.5 Å². The number of rotatable bonds is 5. The van der Waals surface area contributed by atoms with Gasteiger partial charge in [-0.25, -0.2) is 13.1 Å². The Morgan fingerprint density at radius 2 is 1.86 bits per heavy atom. The van der Waals surface area contributed by atoms with Crippen molar-refractivity contribution in [1.82, 2.24) is 4.72 Å². The molecule has 0 spiro atoms. The second-order valence-electron chi connectivity index (χ2n) is 7.14. The van der Waals surface area contributed by atoms with Gasteiger partial charge in [0.1, 0.15) is 5.75 Å². The summed E-state index contributed by atoms with van der Waals surface area (Å²) in [5.41, 5.74) is 0.184. The van der Waals surface area contributed by atoms with E-state index in [1.165, 1.54) is 0 Å². The first kappa shape index (κ1) is 17.3. The Bertz CT molecular complexity index is 593. The van der Waals surface area contributed by atoms with Gasteiger partial charge in [0, 0.05) is 6.04 Å². The van der Waals surface area contributed by atoms with Crippen LogP contribution < -0.4 is 9.46 Å². The predicted octanol–water partition coefficient (Wildman–Crippen LogP) is 3.58. The molecule has 0 radical (unpaired) electrons. The van der Waals surface area contributed by atoms with E-state index in [-0.39, 0.29) is 11.5 Å². The van der Waals surface area contributed by atoms with E-state index in [0.29, 0.717) is 23.2 Å². The third-order valence-corrected chi connectivity index (χ3v) is 5.69. The molecule has 1 aliphatic rings. The zero-order chi connectivity index (χ0) is 16.4. The van der Waals surface area contributed by atoms with Crippen LogP contribution in [-0.4, -0.2) is 21.1 Å². The van der Waals surface area contributed by atoms with Crippen LogP contribution >= 0.6 is 0 Å². The molecule has 0 saturated heterocycles. The van der Waals surface area contributed by atoms with Crippen LogP contribution in [0.3, 0.4) is 0 Å². The van der Waals surface area contributed by atoms with Gasteiger partial charge in [-0.15, -0.1) is 0 Å². The predicted molar refractivity (Wildman–Crippen MR) is 88.5 cm³/mol. The van der Waals surface area contributed by atoms with Crippen molar-refractivity contribution in [2.45, 2.75) is 57.9 Å². The normalized spacial score (nSPS) is 24.9. The molecule has 4 nitrogen and oxygen atoms in total. The number of hydrogen-bond acceptors (Lipinski definition) is 3. The molecule has 124 valence electrons. The topological polar surface area (TPSA) is 55.4 Å². The fraction of sp³-hybridized carbons (Fsp3) is 0.647. The van der Waals surface area contributed by atoms with E-state index >= 15 is 0 Å². The Kier molecular flexibility index (Phi) is 5.17. The lowest BCUT2D eigenvalue weighted by Crippen LogP contribution is -2.42. The van der Waals surface area contributed by atoms with Gasteiger partial charge in [0.05, 0.1) is 11.5 Å². The van der Waals surface area contributed by atoms with Crippen molar-refractivity contribution in [3.63, 3.8) is 0 Å². The number of hydrogen-bond donors (Lipinski definition) is 1. The summed E-state index contributed by atoms with van der Waals surface area (Å²) in [7, 11) is -3.47. The third kappa shape index (κ3) is 4.46. The van der Waals surface area contributed by atoms with E-state index < -0.39 is 10.0 Å². The van der Waals surface area contributed by atoms with Crippen molar-refractivity contribution in [2.75, 3.05) is 6.61 Å². The lowest BCUT2D eigenvalue weighted by Gasteiger charge is -2.39. The number of sulfonamides is 1. The van der Waals surface area contributed by atoms with Gasteiger partial charge in [-0.2, -0.15) is 0 Å². The molecule has 1 aliphatic carbocycles. The summed E-state index contributed by atoms with van der Waals surface area (Å²) in [6, 6.07) is 6.61. The minimum absolute atomic E-state index is 0.00955. The van der Waals surface area contributed by atoms with Crippen LogP contribution in [0.25, 0.3) is 0 Å². The van der Waals surface area contributed by atoms with Gasteiger partial charge < -0.3 is 4.74 Å². The highest BCUT2D eigenvalue weighted by molar-refractivity contribution is 7.89. The van der Waals surface area contributed by atoms with Crippen LogP contribution in [0.15, 0.2) is 29.2 Å². The Morgan fingerprint density at radius 1 is 1.23 bits per heavy atom. The SMILES string of the molecule is CCOc1ccc(S(=O)(=O)NC2CC(C)CC(C)(C)C2)cc1. The van der Waals surface area contributed by atoms with E-state index in [4.69, 9.17) is 4.74 Å². The first-order valence-corrected chi connectivity index (χ1v) is 9.45. The van der Waals surface area contributed by atoms with E-state index in [1.54, 1.807) is 24.3 Å². The van der Waals surface area contributed by atoms with E-state index in [0.717, 1.165) is 19.3 Å². The van der Waals surface area contributed by atoms with Gasteiger partial charge in [-0.3, -0.25) is 0 Å². The van der Waals surface area contributed by atoms with Gasteiger partial charge >= 0.3 is 0 Å². The summed E-state index contributed by atoms with van der Waals surface area (Å²) in [4.78, 5) is 0.298. The Morgan fingerprint density at radius 3 is 2.41 bits per heavy atom. The molecule has 1 aromatic carbocycles. The largest absolute Gasteiger partial charge is 0.494 e. The summed E-state index contributed by atoms with van der Waals surface area (Å²) in [5.74, 6) is 1.23. The van der Waals surface area contributed by atoms with Crippen molar-refractivity contribution < 1.29 is 13.2 Å². The molecule has 0 aromatic heterocycles. The van der Waals surface area contributed by atoms with Crippen LogP contribution in [0.2, 0.25) is 0 Å². The van der Waals surface area contributed by atoms with Crippen molar-refractivity contribution in [3.05, 3.63) is 24.3 Å². The molecule has 2 unspecified atom stereocenters. The molecule has 22 heavy (non-hydrogen) atoms. The lowest BCUT2D eigenvalue weighted by atomic mass is 9.71. The smallest absolute Gasteiger partial charge is 0.240 e. The molecule has 0 heterocycles. The van der Waals surface area contributed by atoms with Crippen LogP contribution in [-0.2, 0) is 10.0 Å². The highest BCUT2D eigenvalue weighted by atomic mass is 32.2. The number of benzene rings is 1. The molecule has 1 aromatic rings. The summed E-state index contributed by atoms with van der Waals surface area (Å²) in [6.07, 6.45) is 2.93. The minimum Gasteiger partial charge on any atom is -0.494 e. The average molecular weight is 325 g/mol. The molecular weight excluding hydrogens is 298 g/mol. The van der Waals surface area contributed by atoms with Gasteiger partial charge in [-0.05, 0) is 61.8 Å². The highest BCUT2D eigenvalue weighted by Gasteiger charge is 2.34. The summed E-state index contributed by atoms with van der Waals surface area (Å²) in [5, 5.41) is 0. The molecule has 1 fully saturated rings. The summed E-state index contributed by atoms with van der Waals surface area (Å²) >= 11 is 0. The fourth-order valence-electron chi connectivity index (χ4n) is 3.60. The quantitative estimate of drug-likeness (QED) is 0.900. The van der Waals surface area contributed by atoms with Crippen LogP contribution in [0.4, 0.5) is 0 Å². The lowest BCUT2D eigenvalue weighted by molar-refractivity contribution is 0.163. The van der Waals surface area contributed by atoms with Crippen molar-refractivity contribution in [1.29, 1.82) is 0 Å². The van der Waals surface area contributed by atoms with Gasteiger partial charge in [0.2, 0.25) is 10.0 Å². The van der Waals surface area contributed by atoms with Gasteiger partial charge in [-0.1, -0.05) is 20.8 Å². The molecule has 5 heteroatoms. The Hall–Kier alpha value is -1.07. The first-order valence-electron chi connectivity index (χ1n) is 7.97. The number of ether oxygens (including phenoxy) is 1. The maximum Gasteiger partial charge on any atom is 0.240 e. The molecule has 0 amide bonds. The maximum atomic E-state index is 12.5. The van der Waals surface area contributed by atoms with E-state index in [9.17, 15) is 8.42 Å². The minimum atomic E-state index is -3.47. The fourth-order valence-corrected chi connectivity index (χ4v) is 4.85. The van der Waals surface area contributed by atoms with E-state index in [1.807, 2.05) is 6.92 Å². The average Bonchev–Trinajstić information content (AvgIpc) is 2.36. The molecule has 2 atom stereocenters. The Labute approximate surface area is 134 Å². The molecule has 2 rings (SSSR count). The molecule has 1 N–H and O–H groups in total. The summed E-state index contributed by atoms with van der Waals surface area (Å²) in [6.45, 7) is 9.08. The van der Waals surface area contributed by atoms with Crippen molar-refractivity contribution in [3.8, 4) is 5.75 Å². The second-order valence-corrected chi connectivity index (χ2v) is 8.85. The maximum absolute atomic E-state index is 12.5. The Balaban J connectivity index is 2.10. The monoisotopic (exact) mass is 325 g/mol. The van der Waals surface area contributed by atoms with Crippen LogP contribution in [0.5, 0.6) is 5.75 Å². The van der Waals surface area contributed by atoms with Crippen molar-refractivity contribution >= 4 is 10.0 Å². The first-order chi connectivity index (χ1) is 10.2. The van der Waals surface area contributed by atoms with Crippen LogP contribution in [0, 0.1) is 11.3 Å². The third-order valence-electron chi connectivity index (χ3n) is 4.15. The highest BCUT2D eigenvalue weighted by Crippen LogP contribution is 2.38. The number of nitrogens with one attached hydrogen (secondary N) is 1. The molecular formula is C17H27NO3S. The molecule has 0 bridgehead atoms. The standard InChI is InChI=1S/C17H27NO3S/c1-5-21-15-6-8-16(9-7-15)22(19,20)18-14-10-13(2)11-17(3,4)12-14/h6-9,13-14,18H,5,10-12H2,1-4H3. The summed E-state index contributed by atoms with van der Waals surface area (Å²) < 4.78 is 33.3.